The van der Waals surface area contributed by atoms with Crippen molar-refractivity contribution in [2.75, 3.05) is 36.4 Å². The summed E-state index contributed by atoms with van der Waals surface area (Å²) in [5, 5.41) is 2.70. The van der Waals surface area contributed by atoms with Gasteiger partial charge in [0.25, 0.3) is 5.56 Å². The molecule has 2 amide bonds. The van der Waals surface area contributed by atoms with E-state index in [4.69, 9.17) is 0 Å². The minimum absolute atomic E-state index is 0.248. The highest BCUT2D eigenvalue weighted by Crippen LogP contribution is 2.17. The van der Waals surface area contributed by atoms with Crippen molar-refractivity contribution in [2.45, 2.75) is 6.92 Å². The van der Waals surface area contributed by atoms with Crippen LogP contribution >= 0.6 is 0 Å². The number of carbonyl (C=O) groups excluding carboxylic acids is 1. The van der Waals surface area contributed by atoms with E-state index in [0.717, 1.165) is 0 Å². The number of hydrogen-bond acceptors (Lipinski definition) is 4. The SMILES string of the molecule is Cc1ccn(C)c(=O)c1NC(=O)N1CCN(c2ncccc2F)CC1. The van der Waals surface area contributed by atoms with Crippen LogP contribution in [-0.2, 0) is 7.05 Å². The maximum absolute atomic E-state index is 13.8. The van der Waals surface area contributed by atoms with Gasteiger partial charge in [-0.1, -0.05) is 0 Å². The molecular formula is C17H20FN5O2. The van der Waals surface area contributed by atoms with Crippen LogP contribution in [0.5, 0.6) is 0 Å². The number of carbonyl (C=O) groups is 1. The predicted molar refractivity (Wildman–Crippen MR) is 93.4 cm³/mol. The minimum Gasteiger partial charge on any atom is -0.351 e. The number of aryl methyl sites for hydroxylation is 2. The van der Waals surface area contributed by atoms with Crippen LogP contribution in [0.4, 0.5) is 20.7 Å². The van der Waals surface area contributed by atoms with Crippen molar-refractivity contribution in [1.82, 2.24) is 14.5 Å². The molecule has 7 nitrogen and oxygen atoms in total. The Morgan fingerprint density at radius 2 is 1.96 bits per heavy atom. The van der Waals surface area contributed by atoms with E-state index in [9.17, 15) is 14.0 Å². The van der Waals surface area contributed by atoms with Gasteiger partial charge in [0.1, 0.15) is 5.69 Å². The number of aromatic nitrogens is 2. The second-order valence-corrected chi connectivity index (χ2v) is 6.00. The fourth-order valence-electron chi connectivity index (χ4n) is 2.79. The summed E-state index contributed by atoms with van der Waals surface area (Å²) in [6, 6.07) is 4.37. The molecule has 3 heterocycles. The molecule has 0 unspecified atom stereocenters. The van der Waals surface area contributed by atoms with E-state index in [2.05, 4.69) is 10.3 Å². The summed E-state index contributed by atoms with van der Waals surface area (Å²) >= 11 is 0. The quantitative estimate of drug-likeness (QED) is 0.897. The fourth-order valence-corrected chi connectivity index (χ4v) is 2.79. The smallest absolute Gasteiger partial charge is 0.322 e. The molecule has 8 heteroatoms. The molecule has 1 N–H and O–H groups in total. The van der Waals surface area contributed by atoms with Crippen LogP contribution in [0, 0.1) is 12.7 Å². The van der Waals surface area contributed by atoms with Gasteiger partial charge in [0, 0.05) is 45.6 Å². The van der Waals surface area contributed by atoms with E-state index in [-0.39, 0.29) is 23.1 Å². The van der Waals surface area contributed by atoms with Crippen molar-refractivity contribution in [2.24, 2.45) is 7.05 Å². The third kappa shape index (κ3) is 3.47. The monoisotopic (exact) mass is 345 g/mol. The number of halogens is 1. The van der Waals surface area contributed by atoms with Crippen LogP contribution in [-0.4, -0.2) is 46.7 Å². The average Bonchev–Trinajstić information content (AvgIpc) is 2.62. The van der Waals surface area contributed by atoms with Gasteiger partial charge >= 0.3 is 6.03 Å². The molecule has 0 aromatic carbocycles. The van der Waals surface area contributed by atoms with Gasteiger partial charge in [0.2, 0.25) is 0 Å². The molecule has 0 saturated carbocycles. The third-order valence-corrected chi connectivity index (χ3v) is 4.31. The first-order valence-electron chi connectivity index (χ1n) is 8.05. The predicted octanol–water partition coefficient (Wildman–Crippen LogP) is 1.58. The summed E-state index contributed by atoms with van der Waals surface area (Å²) in [6.07, 6.45) is 3.21. The van der Waals surface area contributed by atoms with Crippen molar-refractivity contribution in [3.8, 4) is 0 Å². The minimum atomic E-state index is -0.371. The van der Waals surface area contributed by atoms with Gasteiger partial charge in [-0.3, -0.25) is 4.79 Å². The molecule has 2 aromatic rings. The Morgan fingerprint density at radius 1 is 1.24 bits per heavy atom. The summed E-state index contributed by atoms with van der Waals surface area (Å²) in [6.45, 7) is 3.58. The number of urea groups is 1. The van der Waals surface area contributed by atoms with Gasteiger partial charge in [-0.25, -0.2) is 14.2 Å². The largest absolute Gasteiger partial charge is 0.351 e. The van der Waals surface area contributed by atoms with Crippen LogP contribution in [0.2, 0.25) is 0 Å². The standard InChI is InChI=1S/C17H20FN5O2/c1-12-5-7-21(2)16(24)14(12)20-17(25)23-10-8-22(9-11-23)15-13(18)4-3-6-19-15/h3-7H,8-11H2,1-2H3,(H,20,25). The molecule has 0 atom stereocenters. The van der Waals surface area contributed by atoms with E-state index in [1.165, 1.54) is 10.6 Å². The zero-order valence-electron chi connectivity index (χ0n) is 14.2. The summed E-state index contributed by atoms with van der Waals surface area (Å²) in [7, 11) is 1.64. The van der Waals surface area contributed by atoms with Crippen molar-refractivity contribution in [3.05, 3.63) is 52.3 Å². The molecule has 0 radical (unpaired) electrons. The number of hydrogen-bond donors (Lipinski definition) is 1. The van der Waals surface area contributed by atoms with Crippen LogP contribution < -0.4 is 15.8 Å². The molecular weight excluding hydrogens is 325 g/mol. The first-order valence-corrected chi connectivity index (χ1v) is 8.05. The summed E-state index contributed by atoms with van der Waals surface area (Å²) in [5.41, 5.74) is 0.751. The van der Waals surface area contributed by atoms with Crippen LogP contribution in [0.3, 0.4) is 0 Å². The van der Waals surface area contributed by atoms with E-state index in [1.54, 1.807) is 43.4 Å². The third-order valence-electron chi connectivity index (χ3n) is 4.31. The van der Waals surface area contributed by atoms with Gasteiger partial charge in [-0.05, 0) is 30.7 Å². The Hall–Kier alpha value is -2.90. The lowest BCUT2D eigenvalue weighted by Crippen LogP contribution is -2.51. The highest BCUT2D eigenvalue weighted by atomic mass is 19.1. The van der Waals surface area contributed by atoms with Gasteiger partial charge in [0.05, 0.1) is 0 Å². The van der Waals surface area contributed by atoms with Gasteiger partial charge < -0.3 is 19.7 Å². The van der Waals surface area contributed by atoms with Gasteiger partial charge in [-0.15, -0.1) is 0 Å². The number of nitrogens with zero attached hydrogens (tertiary/aromatic N) is 4. The van der Waals surface area contributed by atoms with Crippen molar-refractivity contribution < 1.29 is 9.18 Å². The Balaban J connectivity index is 1.66. The van der Waals surface area contributed by atoms with Gasteiger partial charge in [-0.2, -0.15) is 0 Å². The van der Waals surface area contributed by atoms with Crippen LogP contribution in [0.25, 0.3) is 0 Å². The maximum Gasteiger partial charge on any atom is 0.322 e. The Kier molecular flexibility index (Phi) is 4.69. The number of rotatable bonds is 2. The highest BCUT2D eigenvalue weighted by molar-refractivity contribution is 5.90. The van der Waals surface area contributed by atoms with E-state index < -0.39 is 0 Å². The fraction of sp³-hybridized carbons (Fsp3) is 0.353. The molecule has 1 saturated heterocycles. The van der Waals surface area contributed by atoms with Crippen molar-refractivity contribution in [1.29, 1.82) is 0 Å². The molecule has 25 heavy (non-hydrogen) atoms. The number of piperazine rings is 1. The molecule has 3 rings (SSSR count). The molecule has 1 fully saturated rings. The zero-order valence-corrected chi connectivity index (χ0v) is 14.2. The molecule has 1 aliphatic rings. The van der Waals surface area contributed by atoms with Crippen LogP contribution in [0.15, 0.2) is 35.4 Å². The molecule has 1 aliphatic heterocycles. The lowest BCUT2D eigenvalue weighted by Gasteiger charge is -2.35. The van der Waals surface area contributed by atoms with Gasteiger partial charge in [0.15, 0.2) is 11.6 Å². The lowest BCUT2D eigenvalue weighted by atomic mass is 10.2. The first-order chi connectivity index (χ1) is 12.0. The summed E-state index contributed by atoms with van der Waals surface area (Å²) < 4.78 is 15.2. The molecule has 132 valence electrons. The van der Waals surface area contributed by atoms with Crippen molar-refractivity contribution in [3.63, 3.8) is 0 Å². The second-order valence-electron chi connectivity index (χ2n) is 6.00. The van der Waals surface area contributed by atoms with Crippen LogP contribution in [0.1, 0.15) is 5.56 Å². The normalized spacial score (nSPS) is 14.5. The topological polar surface area (TPSA) is 70.5 Å². The number of anilines is 2. The Morgan fingerprint density at radius 3 is 2.64 bits per heavy atom. The van der Waals surface area contributed by atoms with Crippen molar-refractivity contribution >= 4 is 17.5 Å². The number of amides is 2. The molecule has 0 bridgehead atoms. The van der Waals surface area contributed by atoms with E-state index in [1.807, 2.05) is 4.90 Å². The number of pyridine rings is 2. The zero-order chi connectivity index (χ0) is 18.0. The summed E-state index contributed by atoms with van der Waals surface area (Å²) in [5.74, 6) is -0.0702. The van der Waals surface area contributed by atoms with E-state index in [0.29, 0.717) is 37.6 Å². The lowest BCUT2D eigenvalue weighted by molar-refractivity contribution is 0.208. The number of nitrogens with one attached hydrogen (secondary N) is 1. The Labute approximate surface area is 144 Å². The summed E-state index contributed by atoms with van der Waals surface area (Å²) in [4.78, 5) is 32.1. The molecule has 2 aromatic heterocycles. The first kappa shape index (κ1) is 16.9. The average molecular weight is 345 g/mol. The molecule has 0 aliphatic carbocycles. The maximum atomic E-state index is 13.8. The second kappa shape index (κ2) is 6.92. The highest BCUT2D eigenvalue weighted by Gasteiger charge is 2.24. The Bertz CT molecular complexity index is 843. The van der Waals surface area contributed by atoms with E-state index >= 15 is 0 Å². The molecule has 0 spiro atoms.